The first kappa shape index (κ1) is 18.1. The summed E-state index contributed by atoms with van der Waals surface area (Å²) in [6.45, 7) is 4.62. The van der Waals surface area contributed by atoms with Crippen molar-refractivity contribution < 1.29 is 9.59 Å². The van der Waals surface area contributed by atoms with E-state index in [0.717, 1.165) is 48.6 Å². The van der Waals surface area contributed by atoms with Gasteiger partial charge in [0.1, 0.15) is 0 Å². The molecule has 2 fully saturated rings. The van der Waals surface area contributed by atoms with Crippen molar-refractivity contribution in [3.63, 3.8) is 0 Å². The largest absolute Gasteiger partial charge is 0.337 e. The minimum absolute atomic E-state index is 0.00277. The van der Waals surface area contributed by atoms with E-state index in [1.807, 2.05) is 34.2 Å². The molecule has 4 rings (SSSR count). The number of hydrogen-bond acceptors (Lipinski definition) is 5. The summed E-state index contributed by atoms with van der Waals surface area (Å²) in [7, 11) is 0. The minimum Gasteiger partial charge on any atom is -0.337 e. The molecule has 0 bridgehead atoms. The van der Waals surface area contributed by atoms with Crippen LogP contribution in [-0.4, -0.2) is 51.2 Å². The molecule has 2 aliphatic heterocycles. The van der Waals surface area contributed by atoms with Crippen LogP contribution < -0.4 is 0 Å². The van der Waals surface area contributed by atoms with E-state index in [-0.39, 0.29) is 17.2 Å². The zero-order valence-electron chi connectivity index (χ0n) is 15.6. The lowest BCUT2D eigenvalue weighted by molar-refractivity contribution is -0.139. The fourth-order valence-electron chi connectivity index (χ4n) is 4.21. The fourth-order valence-corrected chi connectivity index (χ4v) is 4.90. The van der Waals surface area contributed by atoms with Crippen molar-refractivity contribution in [2.75, 3.05) is 19.6 Å². The number of amides is 2. The summed E-state index contributed by atoms with van der Waals surface area (Å²) in [6.07, 6.45) is 6.93. The van der Waals surface area contributed by atoms with Gasteiger partial charge in [-0.15, -0.1) is 11.3 Å². The lowest BCUT2D eigenvalue weighted by Gasteiger charge is -2.48. The number of likely N-dealkylation sites (tertiary alicyclic amines) is 2. The molecule has 0 aliphatic carbocycles. The number of aromatic nitrogens is 2. The van der Waals surface area contributed by atoms with Crippen molar-refractivity contribution in [2.24, 2.45) is 5.41 Å². The Labute approximate surface area is 163 Å². The zero-order valence-corrected chi connectivity index (χ0v) is 16.4. The topological polar surface area (TPSA) is 66.4 Å². The highest BCUT2D eigenvalue weighted by molar-refractivity contribution is 7.12. The summed E-state index contributed by atoms with van der Waals surface area (Å²) in [5.74, 6) is 0.293. The first-order chi connectivity index (χ1) is 13.0. The average Bonchev–Trinajstić information content (AvgIpc) is 3.21. The van der Waals surface area contributed by atoms with E-state index in [0.29, 0.717) is 19.5 Å². The smallest absolute Gasteiger partial charge is 0.263 e. The molecule has 1 spiro atoms. The Balaban J connectivity index is 1.47. The van der Waals surface area contributed by atoms with Crippen molar-refractivity contribution in [3.8, 4) is 0 Å². The van der Waals surface area contributed by atoms with Crippen molar-refractivity contribution in [1.82, 2.24) is 19.8 Å². The van der Waals surface area contributed by atoms with Gasteiger partial charge in [0.15, 0.2) is 0 Å². The summed E-state index contributed by atoms with van der Waals surface area (Å²) in [4.78, 5) is 38.7. The SMILES string of the molecule is Cc1cnc(CN2CC3(CCCN(C(=O)c4cccs4)C3)CCC2=O)cn1. The minimum atomic E-state index is -0.00277. The summed E-state index contributed by atoms with van der Waals surface area (Å²) in [5, 5.41) is 1.94. The number of rotatable bonds is 3. The van der Waals surface area contributed by atoms with Gasteiger partial charge in [-0.05, 0) is 37.6 Å². The van der Waals surface area contributed by atoms with E-state index in [9.17, 15) is 9.59 Å². The average molecular weight is 385 g/mol. The first-order valence-corrected chi connectivity index (χ1v) is 10.3. The molecule has 6 nitrogen and oxygen atoms in total. The van der Waals surface area contributed by atoms with Crippen LogP contribution in [0.4, 0.5) is 0 Å². The Morgan fingerprint density at radius 1 is 1.26 bits per heavy atom. The predicted octanol–water partition coefficient (Wildman–Crippen LogP) is 2.89. The molecular weight excluding hydrogens is 360 g/mol. The number of thiophene rings is 1. The van der Waals surface area contributed by atoms with Gasteiger partial charge < -0.3 is 9.80 Å². The first-order valence-electron chi connectivity index (χ1n) is 9.43. The molecule has 2 saturated heterocycles. The van der Waals surface area contributed by atoms with E-state index in [1.165, 1.54) is 11.3 Å². The molecule has 0 radical (unpaired) electrons. The van der Waals surface area contributed by atoms with Crippen LogP contribution in [-0.2, 0) is 11.3 Å². The Morgan fingerprint density at radius 3 is 2.89 bits per heavy atom. The van der Waals surface area contributed by atoms with E-state index in [4.69, 9.17) is 0 Å². The number of hydrogen-bond donors (Lipinski definition) is 0. The molecule has 2 aromatic rings. The van der Waals surface area contributed by atoms with Crippen LogP contribution in [0, 0.1) is 12.3 Å². The Morgan fingerprint density at radius 2 is 2.15 bits per heavy atom. The van der Waals surface area contributed by atoms with Crippen molar-refractivity contribution in [3.05, 3.63) is 46.2 Å². The van der Waals surface area contributed by atoms with Gasteiger partial charge in [-0.1, -0.05) is 6.07 Å². The second-order valence-electron chi connectivity index (χ2n) is 7.71. The molecule has 4 heterocycles. The van der Waals surface area contributed by atoms with Gasteiger partial charge >= 0.3 is 0 Å². The molecule has 0 N–H and O–H groups in total. The molecule has 27 heavy (non-hydrogen) atoms. The second-order valence-corrected chi connectivity index (χ2v) is 8.65. The summed E-state index contributed by atoms with van der Waals surface area (Å²) >= 11 is 1.49. The van der Waals surface area contributed by atoms with Crippen LogP contribution in [0.25, 0.3) is 0 Å². The second kappa shape index (κ2) is 7.38. The lowest BCUT2D eigenvalue weighted by Crippen LogP contribution is -2.54. The molecule has 0 saturated carbocycles. The van der Waals surface area contributed by atoms with Crippen LogP contribution in [0.5, 0.6) is 0 Å². The van der Waals surface area contributed by atoms with E-state index in [2.05, 4.69) is 9.97 Å². The van der Waals surface area contributed by atoms with Gasteiger partial charge in [-0.25, -0.2) is 0 Å². The van der Waals surface area contributed by atoms with Gasteiger partial charge in [0.25, 0.3) is 5.91 Å². The number of piperidine rings is 2. The quantitative estimate of drug-likeness (QED) is 0.816. The number of nitrogens with zero attached hydrogens (tertiary/aromatic N) is 4. The van der Waals surface area contributed by atoms with Crippen LogP contribution in [0.1, 0.15) is 46.7 Å². The van der Waals surface area contributed by atoms with E-state index >= 15 is 0 Å². The third kappa shape index (κ3) is 3.88. The molecule has 1 unspecified atom stereocenters. The van der Waals surface area contributed by atoms with Crippen molar-refractivity contribution in [1.29, 1.82) is 0 Å². The van der Waals surface area contributed by atoms with Gasteiger partial charge in [0.2, 0.25) is 5.91 Å². The van der Waals surface area contributed by atoms with Gasteiger partial charge in [-0.2, -0.15) is 0 Å². The fraction of sp³-hybridized carbons (Fsp3) is 0.500. The third-order valence-corrected chi connectivity index (χ3v) is 6.47. The van der Waals surface area contributed by atoms with Crippen LogP contribution in [0.2, 0.25) is 0 Å². The van der Waals surface area contributed by atoms with Gasteiger partial charge in [0, 0.05) is 37.7 Å². The number of carbonyl (C=O) groups excluding carboxylic acids is 2. The highest BCUT2D eigenvalue weighted by Crippen LogP contribution is 2.39. The molecular formula is C20H24N4O2S. The maximum Gasteiger partial charge on any atom is 0.263 e. The normalized spacial score (nSPS) is 23.1. The number of carbonyl (C=O) groups is 2. The van der Waals surface area contributed by atoms with E-state index < -0.39 is 0 Å². The highest BCUT2D eigenvalue weighted by atomic mass is 32.1. The monoisotopic (exact) mass is 384 g/mol. The maximum atomic E-state index is 12.8. The number of aryl methyl sites for hydroxylation is 1. The Hall–Kier alpha value is -2.28. The Kier molecular flexibility index (Phi) is 4.95. The predicted molar refractivity (Wildman–Crippen MR) is 103 cm³/mol. The summed E-state index contributed by atoms with van der Waals surface area (Å²) in [5.41, 5.74) is 1.68. The van der Waals surface area contributed by atoms with Crippen LogP contribution in [0.3, 0.4) is 0 Å². The summed E-state index contributed by atoms with van der Waals surface area (Å²) in [6, 6.07) is 3.81. The molecule has 2 aromatic heterocycles. The highest BCUT2D eigenvalue weighted by Gasteiger charge is 2.43. The maximum absolute atomic E-state index is 12.8. The van der Waals surface area contributed by atoms with Crippen LogP contribution in [0.15, 0.2) is 29.9 Å². The van der Waals surface area contributed by atoms with Gasteiger partial charge in [-0.3, -0.25) is 19.6 Å². The molecule has 1 atom stereocenters. The standard InChI is InChI=1S/C20H24N4O2S/c1-15-10-22-16(11-21-15)12-24-14-20(7-5-18(24)25)6-3-8-23(13-20)19(26)17-4-2-9-27-17/h2,4,9-11H,3,5-8,12-14H2,1H3. The van der Waals surface area contributed by atoms with Crippen molar-refractivity contribution >= 4 is 23.2 Å². The third-order valence-electron chi connectivity index (χ3n) is 5.62. The Bertz CT molecular complexity index is 821. The molecule has 2 aliphatic rings. The molecule has 2 amide bonds. The molecule has 142 valence electrons. The van der Waals surface area contributed by atoms with Crippen molar-refractivity contribution in [2.45, 2.75) is 39.2 Å². The molecule has 0 aromatic carbocycles. The summed E-state index contributed by atoms with van der Waals surface area (Å²) < 4.78 is 0. The zero-order chi connectivity index (χ0) is 18.9. The van der Waals surface area contributed by atoms with Gasteiger partial charge in [0.05, 0.1) is 29.0 Å². The molecule has 7 heteroatoms. The lowest BCUT2D eigenvalue weighted by atomic mass is 9.73. The van der Waals surface area contributed by atoms with E-state index in [1.54, 1.807) is 12.4 Å². The van der Waals surface area contributed by atoms with Crippen LogP contribution >= 0.6 is 11.3 Å².